The van der Waals surface area contributed by atoms with Gasteiger partial charge >= 0.3 is 0 Å². The Hall–Kier alpha value is -1.44. The predicted molar refractivity (Wildman–Crippen MR) is 80.6 cm³/mol. The van der Waals surface area contributed by atoms with E-state index in [4.69, 9.17) is 9.88 Å². The van der Waals surface area contributed by atoms with E-state index in [2.05, 4.69) is 5.32 Å². The van der Waals surface area contributed by atoms with Crippen molar-refractivity contribution in [3.63, 3.8) is 0 Å². The van der Waals surface area contributed by atoms with Gasteiger partial charge in [-0.2, -0.15) is 0 Å². The summed E-state index contributed by atoms with van der Waals surface area (Å²) in [5, 5.41) is 7.80. The standard InChI is InChI=1S/C14H22N2O4S/c1-4-11-5-6-12(21(15,18)19)9-13(11)14(17)16-7-8-20-10(2)3/h5-6,9-10H,4,7-8H2,1-3H3,(H,16,17)(H2,15,18,19). The lowest BCUT2D eigenvalue weighted by Crippen LogP contribution is -2.29. The van der Waals surface area contributed by atoms with Crippen LogP contribution in [0.15, 0.2) is 23.1 Å². The average Bonchev–Trinajstić information content (AvgIpc) is 2.41. The third-order valence-corrected chi connectivity index (χ3v) is 3.79. The number of primary sulfonamides is 1. The molecule has 21 heavy (non-hydrogen) atoms. The monoisotopic (exact) mass is 314 g/mol. The number of hydrogen-bond donors (Lipinski definition) is 2. The number of rotatable bonds is 7. The lowest BCUT2D eigenvalue weighted by molar-refractivity contribution is 0.0746. The molecular weight excluding hydrogens is 292 g/mol. The van der Waals surface area contributed by atoms with Gasteiger partial charge in [0.15, 0.2) is 0 Å². The molecule has 7 heteroatoms. The molecule has 0 atom stereocenters. The third kappa shape index (κ3) is 5.45. The lowest BCUT2D eigenvalue weighted by Gasteiger charge is -2.11. The number of amides is 1. The highest BCUT2D eigenvalue weighted by molar-refractivity contribution is 7.89. The van der Waals surface area contributed by atoms with E-state index in [0.29, 0.717) is 25.1 Å². The molecule has 0 aliphatic heterocycles. The molecule has 1 amide bonds. The molecule has 0 bridgehead atoms. The summed E-state index contributed by atoms with van der Waals surface area (Å²) in [5.41, 5.74) is 1.10. The van der Waals surface area contributed by atoms with Crippen molar-refractivity contribution in [1.82, 2.24) is 5.32 Å². The summed E-state index contributed by atoms with van der Waals surface area (Å²) < 4.78 is 28.1. The minimum absolute atomic E-state index is 0.0664. The quantitative estimate of drug-likeness (QED) is 0.735. The summed E-state index contributed by atoms with van der Waals surface area (Å²) >= 11 is 0. The van der Waals surface area contributed by atoms with Crippen LogP contribution in [0.2, 0.25) is 0 Å². The van der Waals surface area contributed by atoms with Crippen molar-refractivity contribution in [2.24, 2.45) is 5.14 Å². The Balaban J connectivity index is 2.86. The zero-order valence-electron chi connectivity index (χ0n) is 12.5. The molecule has 0 spiro atoms. The Morgan fingerprint density at radius 3 is 2.57 bits per heavy atom. The molecule has 1 aromatic rings. The summed E-state index contributed by atoms with van der Waals surface area (Å²) in [6, 6.07) is 4.33. The molecular formula is C14H22N2O4S. The minimum atomic E-state index is -3.82. The van der Waals surface area contributed by atoms with Crippen molar-refractivity contribution in [3.8, 4) is 0 Å². The summed E-state index contributed by atoms with van der Waals surface area (Å²) in [4.78, 5) is 12.1. The largest absolute Gasteiger partial charge is 0.377 e. The second kappa shape index (κ2) is 7.53. The normalized spacial score (nSPS) is 11.7. The van der Waals surface area contributed by atoms with Crippen LogP contribution in [0.1, 0.15) is 36.7 Å². The van der Waals surface area contributed by atoms with Crippen molar-refractivity contribution in [3.05, 3.63) is 29.3 Å². The Bertz CT molecular complexity index is 597. The van der Waals surface area contributed by atoms with Gasteiger partial charge in [0.25, 0.3) is 5.91 Å². The van der Waals surface area contributed by atoms with Gasteiger partial charge in [-0.05, 0) is 38.0 Å². The van der Waals surface area contributed by atoms with Gasteiger partial charge in [0.2, 0.25) is 10.0 Å². The van der Waals surface area contributed by atoms with E-state index >= 15 is 0 Å². The van der Waals surface area contributed by atoms with Gasteiger partial charge in [-0.1, -0.05) is 13.0 Å². The Kier molecular flexibility index (Phi) is 6.32. The number of aryl methyl sites for hydroxylation is 1. The predicted octanol–water partition coefficient (Wildman–Crippen LogP) is 1.05. The minimum Gasteiger partial charge on any atom is -0.377 e. The molecule has 0 saturated carbocycles. The van der Waals surface area contributed by atoms with Crippen molar-refractivity contribution in [2.45, 2.75) is 38.2 Å². The van der Waals surface area contributed by atoms with E-state index in [1.807, 2.05) is 20.8 Å². The average molecular weight is 314 g/mol. The van der Waals surface area contributed by atoms with Crippen LogP contribution < -0.4 is 10.5 Å². The first kappa shape index (κ1) is 17.6. The fourth-order valence-corrected chi connectivity index (χ4v) is 2.35. The summed E-state index contributed by atoms with van der Waals surface area (Å²) in [6.07, 6.45) is 0.717. The van der Waals surface area contributed by atoms with Crippen LogP contribution >= 0.6 is 0 Å². The van der Waals surface area contributed by atoms with Crippen LogP contribution in [0.4, 0.5) is 0 Å². The van der Waals surface area contributed by atoms with Crippen molar-refractivity contribution in [1.29, 1.82) is 0 Å². The van der Waals surface area contributed by atoms with Crippen LogP contribution in [-0.4, -0.2) is 33.6 Å². The van der Waals surface area contributed by atoms with E-state index in [1.165, 1.54) is 12.1 Å². The Labute approximate surface area is 125 Å². The fraction of sp³-hybridized carbons (Fsp3) is 0.500. The lowest BCUT2D eigenvalue weighted by atomic mass is 10.0. The smallest absolute Gasteiger partial charge is 0.251 e. The fourth-order valence-electron chi connectivity index (χ4n) is 1.81. The van der Waals surface area contributed by atoms with Crippen molar-refractivity contribution in [2.75, 3.05) is 13.2 Å². The van der Waals surface area contributed by atoms with Gasteiger partial charge in [0.1, 0.15) is 0 Å². The van der Waals surface area contributed by atoms with E-state index in [-0.39, 0.29) is 16.9 Å². The van der Waals surface area contributed by atoms with Crippen LogP contribution in [-0.2, 0) is 21.2 Å². The van der Waals surface area contributed by atoms with Crippen LogP contribution in [0.25, 0.3) is 0 Å². The number of nitrogens with two attached hydrogens (primary N) is 1. The highest BCUT2D eigenvalue weighted by Gasteiger charge is 2.15. The van der Waals surface area contributed by atoms with E-state index in [1.54, 1.807) is 6.07 Å². The second-order valence-electron chi connectivity index (χ2n) is 4.89. The highest BCUT2D eigenvalue weighted by Crippen LogP contribution is 2.16. The maximum Gasteiger partial charge on any atom is 0.251 e. The van der Waals surface area contributed by atoms with Gasteiger partial charge in [0.05, 0.1) is 17.6 Å². The zero-order valence-corrected chi connectivity index (χ0v) is 13.4. The highest BCUT2D eigenvalue weighted by atomic mass is 32.2. The molecule has 0 aromatic heterocycles. The van der Waals surface area contributed by atoms with Gasteiger partial charge < -0.3 is 10.1 Å². The van der Waals surface area contributed by atoms with Gasteiger partial charge in [0, 0.05) is 12.1 Å². The topological polar surface area (TPSA) is 98.5 Å². The molecule has 0 aliphatic carbocycles. The molecule has 0 radical (unpaired) electrons. The van der Waals surface area contributed by atoms with Crippen LogP contribution in [0, 0.1) is 0 Å². The SMILES string of the molecule is CCc1ccc(S(N)(=O)=O)cc1C(=O)NCCOC(C)C. The molecule has 1 rings (SSSR count). The second-order valence-corrected chi connectivity index (χ2v) is 6.45. The maximum absolute atomic E-state index is 12.1. The summed E-state index contributed by atoms with van der Waals surface area (Å²) in [7, 11) is -3.82. The van der Waals surface area contributed by atoms with Gasteiger partial charge in [-0.25, -0.2) is 13.6 Å². The van der Waals surface area contributed by atoms with E-state index in [0.717, 1.165) is 5.56 Å². The molecule has 3 N–H and O–H groups in total. The zero-order chi connectivity index (χ0) is 16.0. The summed E-state index contributed by atoms with van der Waals surface area (Å²) in [6.45, 7) is 6.48. The summed E-state index contributed by atoms with van der Waals surface area (Å²) in [5.74, 6) is -0.329. The van der Waals surface area contributed by atoms with E-state index < -0.39 is 10.0 Å². The molecule has 0 heterocycles. The number of benzene rings is 1. The third-order valence-electron chi connectivity index (χ3n) is 2.87. The molecule has 0 unspecified atom stereocenters. The number of carbonyl (C=O) groups excluding carboxylic acids is 1. The van der Waals surface area contributed by atoms with Gasteiger partial charge in [-0.3, -0.25) is 4.79 Å². The maximum atomic E-state index is 12.1. The van der Waals surface area contributed by atoms with Gasteiger partial charge in [-0.15, -0.1) is 0 Å². The number of sulfonamides is 1. The molecule has 6 nitrogen and oxygen atoms in total. The molecule has 0 saturated heterocycles. The number of ether oxygens (including phenoxy) is 1. The molecule has 1 aromatic carbocycles. The molecule has 0 aliphatic rings. The van der Waals surface area contributed by atoms with Crippen LogP contribution in [0.3, 0.4) is 0 Å². The Morgan fingerprint density at radius 2 is 2.05 bits per heavy atom. The molecule has 118 valence electrons. The Morgan fingerprint density at radius 1 is 1.38 bits per heavy atom. The van der Waals surface area contributed by atoms with E-state index in [9.17, 15) is 13.2 Å². The van der Waals surface area contributed by atoms with Crippen molar-refractivity contribution < 1.29 is 17.9 Å². The number of carbonyl (C=O) groups is 1. The van der Waals surface area contributed by atoms with Crippen molar-refractivity contribution >= 4 is 15.9 Å². The number of nitrogens with one attached hydrogen (secondary N) is 1. The van der Waals surface area contributed by atoms with Crippen LogP contribution in [0.5, 0.6) is 0 Å². The first-order valence-electron chi connectivity index (χ1n) is 6.81. The number of hydrogen-bond acceptors (Lipinski definition) is 4. The first-order chi connectivity index (χ1) is 9.75. The first-order valence-corrected chi connectivity index (χ1v) is 8.35. The molecule has 0 fully saturated rings.